The van der Waals surface area contributed by atoms with Gasteiger partial charge in [-0.2, -0.15) is 0 Å². The van der Waals surface area contributed by atoms with Gasteiger partial charge in [0.05, 0.1) is 10.8 Å². The third-order valence-electron chi connectivity index (χ3n) is 23.2. The summed E-state index contributed by atoms with van der Waals surface area (Å²) in [5, 5.41) is 0. The molecule has 4 aliphatic carbocycles. The minimum atomic E-state index is -0.557. The van der Waals surface area contributed by atoms with Crippen LogP contribution in [0.25, 0.3) is 168 Å². The Morgan fingerprint density at radius 3 is 0.682 bits per heavy atom. The van der Waals surface area contributed by atoms with Gasteiger partial charge in [-0.1, -0.05) is 346 Å². The summed E-state index contributed by atoms with van der Waals surface area (Å²) in [6.45, 7) is 0. The van der Waals surface area contributed by atoms with Gasteiger partial charge in [0.15, 0.2) is 34.9 Å². The number of aromatic nitrogens is 6. The Bertz CT molecular complexity index is 6610. The third kappa shape index (κ3) is 9.82. The van der Waals surface area contributed by atoms with E-state index in [9.17, 15) is 0 Å². The van der Waals surface area contributed by atoms with Crippen LogP contribution in [0.4, 0.5) is 0 Å². The Kier molecular flexibility index (Phi) is 14.3. The molecule has 0 amide bonds. The summed E-state index contributed by atoms with van der Waals surface area (Å²) in [7, 11) is 0. The Hall–Kier alpha value is -14.5. The van der Waals surface area contributed by atoms with Crippen LogP contribution >= 0.6 is 0 Å². The molecular weight excluding hydrogens is 1330 g/mol. The molecule has 510 valence electrons. The molecule has 0 radical (unpaired) electrons. The van der Waals surface area contributed by atoms with Crippen LogP contribution in [0.15, 0.2) is 388 Å². The first-order valence-corrected chi connectivity index (χ1v) is 37.6. The van der Waals surface area contributed by atoms with Crippen LogP contribution in [-0.4, -0.2) is 29.9 Å². The van der Waals surface area contributed by atoms with Gasteiger partial charge in [-0.05, 0) is 187 Å². The van der Waals surface area contributed by atoms with Crippen LogP contribution in [0.3, 0.4) is 0 Å². The maximum atomic E-state index is 5.10. The van der Waals surface area contributed by atoms with E-state index in [2.05, 4.69) is 291 Å². The maximum Gasteiger partial charge on any atom is 0.164 e. The van der Waals surface area contributed by atoms with Crippen LogP contribution < -0.4 is 0 Å². The molecule has 1 atom stereocenters. The second-order valence-electron chi connectivity index (χ2n) is 29.1. The largest absolute Gasteiger partial charge is 0.208 e. The second-order valence-corrected chi connectivity index (χ2v) is 29.1. The van der Waals surface area contributed by atoms with Gasteiger partial charge in [0.1, 0.15) is 0 Å². The molecule has 0 saturated carbocycles. The summed E-state index contributed by atoms with van der Waals surface area (Å²) < 4.78 is 0. The van der Waals surface area contributed by atoms with Gasteiger partial charge < -0.3 is 0 Å². The predicted molar refractivity (Wildman–Crippen MR) is 446 cm³/mol. The molecule has 2 spiro atoms. The van der Waals surface area contributed by atoms with E-state index in [1.807, 2.05) is 97.1 Å². The summed E-state index contributed by atoms with van der Waals surface area (Å²) in [4.78, 5) is 30.2. The van der Waals surface area contributed by atoms with Crippen molar-refractivity contribution in [2.75, 3.05) is 0 Å². The second kappa shape index (κ2) is 25.1. The third-order valence-corrected chi connectivity index (χ3v) is 23.2. The van der Waals surface area contributed by atoms with Crippen molar-refractivity contribution in [3.8, 4) is 168 Å². The molecule has 16 aromatic carbocycles. The van der Waals surface area contributed by atoms with Gasteiger partial charge in [-0.15, -0.1) is 0 Å². The Morgan fingerprint density at radius 2 is 0.327 bits per heavy atom. The van der Waals surface area contributed by atoms with E-state index >= 15 is 0 Å². The molecule has 0 saturated heterocycles. The zero-order valence-electron chi connectivity index (χ0n) is 59.6. The molecule has 110 heavy (non-hydrogen) atoms. The van der Waals surface area contributed by atoms with Gasteiger partial charge in [0, 0.05) is 33.4 Å². The lowest BCUT2D eigenvalue weighted by molar-refractivity contribution is 0.794. The summed E-state index contributed by atoms with van der Waals surface area (Å²) in [5.74, 6) is 3.81. The lowest BCUT2D eigenvalue weighted by Gasteiger charge is -2.31. The van der Waals surface area contributed by atoms with E-state index in [-0.39, 0.29) is 0 Å². The van der Waals surface area contributed by atoms with Crippen LogP contribution in [0.2, 0.25) is 0 Å². The number of fused-ring (bicyclic) bond motifs is 20. The van der Waals surface area contributed by atoms with Crippen molar-refractivity contribution in [3.63, 3.8) is 0 Å². The predicted octanol–water partition coefficient (Wildman–Crippen LogP) is 25.1. The molecule has 22 rings (SSSR count). The van der Waals surface area contributed by atoms with Crippen molar-refractivity contribution < 1.29 is 0 Å². The van der Waals surface area contributed by atoms with Gasteiger partial charge >= 0.3 is 0 Å². The number of nitrogens with zero attached hydrogens (tertiary/aromatic N) is 6. The van der Waals surface area contributed by atoms with Crippen LogP contribution in [-0.2, 0) is 10.8 Å². The first kappa shape index (κ1) is 62.9. The minimum absolute atomic E-state index is 0.550. The zero-order valence-corrected chi connectivity index (χ0v) is 59.6. The minimum Gasteiger partial charge on any atom is -0.208 e. The van der Waals surface area contributed by atoms with Gasteiger partial charge in [0.2, 0.25) is 0 Å². The SMILES string of the molecule is c1ccc(-c2nc(-c3ccccc3)nc(-c3cccc(-c4ccc(-c5ccc6c(c5)C5(c7ccccc7-c7cc(-c8ccc9c(c8)-c8ccc(-c%10cccc(-c%11cccc(-c%12nc(-c%13ccccc%13)nc(-c%13ccccc%13)n%12)c%11)c%10)cc8C98c9ccccc9-c9ccccc98)ccc75)c5ccccc5-6)cc4)c3)n2)cc1. The van der Waals surface area contributed by atoms with Crippen LogP contribution in [0.1, 0.15) is 44.5 Å². The zero-order chi connectivity index (χ0) is 72.4. The van der Waals surface area contributed by atoms with Crippen LogP contribution in [0.5, 0.6) is 0 Å². The topological polar surface area (TPSA) is 77.3 Å². The highest BCUT2D eigenvalue weighted by atomic mass is 15.0. The standard InChI is InChI=1S/C104H64N6/c1-5-24-67(25-6-1)97-105-98(68-26-7-2-8-27-68)108-101(107-97)79-36-22-32-71(59-79)65-46-48-66(49-47-65)77-50-54-85-83-40-15-19-44-91(83)104(95(85)63-77)92-45-20-16-41-84(92)87-61-75(52-56-93(87)104)76-53-57-94-88(62-76)86-55-51-78(64-96(86)103(94)89-42-17-13-38-81(89)82-39-14-18-43-90(82)103)73-34-21-33-72(58-73)74-35-23-37-80(60-74)102-109-99(69-28-9-3-10-29-69)106-100(110-102)70-30-11-4-12-31-70/h1-64H. The van der Waals surface area contributed by atoms with Gasteiger partial charge in [-0.3, -0.25) is 0 Å². The molecule has 6 heteroatoms. The van der Waals surface area contributed by atoms with E-state index in [4.69, 9.17) is 29.9 Å². The number of benzene rings is 16. The highest BCUT2D eigenvalue weighted by Gasteiger charge is 2.54. The fourth-order valence-corrected chi connectivity index (χ4v) is 18.3. The number of hydrogen-bond acceptors (Lipinski definition) is 6. The van der Waals surface area contributed by atoms with Crippen LogP contribution in [0, 0.1) is 0 Å². The number of rotatable bonds is 11. The highest BCUT2D eigenvalue weighted by Crippen LogP contribution is 2.66. The average Bonchev–Trinajstić information content (AvgIpc) is 1.51. The quantitative estimate of drug-likeness (QED) is 0.128. The summed E-state index contributed by atoms with van der Waals surface area (Å²) in [5.41, 5.74) is 36.4. The average molecular weight is 1400 g/mol. The normalized spacial score (nSPS) is 13.9. The summed E-state index contributed by atoms with van der Waals surface area (Å²) in [6.07, 6.45) is 0. The summed E-state index contributed by atoms with van der Waals surface area (Å²) in [6, 6.07) is 141. The fourth-order valence-electron chi connectivity index (χ4n) is 18.3. The Balaban J connectivity index is 0.620. The molecule has 1 unspecified atom stereocenters. The smallest absolute Gasteiger partial charge is 0.164 e. The molecule has 4 aliphatic rings. The van der Waals surface area contributed by atoms with Crippen molar-refractivity contribution in [3.05, 3.63) is 433 Å². The lowest BCUT2D eigenvalue weighted by Crippen LogP contribution is -2.26. The molecule has 0 N–H and O–H groups in total. The van der Waals surface area contributed by atoms with Crippen molar-refractivity contribution >= 4 is 0 Å². The summed E-state index contributed by atoms with van der Waals surface area (Å²) >= 11 is 0. The van der Waals surface area contributed by atoms with Crippen molar-refractivity contribution in [1.29, 1.82) is 0 Å². The van der Waals surface area contributed by atoms with Gasteiger partial charge in [-0.25, -0.2) is 29.9 Å². The molecule has 2 aromatic heterocycles. The Labute approximate surface area is 637 Å². The molecule has 0 aliphatic heterocycles. The van der Waals surface area contributed by atoms with E-state index in [1.165, 1.54) is 106 Å². The number of hydrogen-bond donors (Lipinski definition) is 0. The first-order valence-electron chi connectivity index (χ1n) is 37.6. The fraction of sp³-hybridized carbons (Fsp3) is 0.0192. The first-order chi connectivity index (χ1) is 54.5. The van der Waals surface area contributed by atoms with Crippen molar-refractivity contribution in [2.45, 2.75) is 10.8 Å². The molecule has 18 aromatic rings. The van der Waals surface area contributed by atoms with Crippen molar-refractivity contribution in [2.24, 2.45) is 0 Å². The molecular formula is C104H64N6. The van der Waals surface area contributed by atoms with E-state index in [0.717, 1.165) is 72.3 Å². The monoisotopic (exact) mass is 1400 g/mol. The van der Waals surface area contributed by atoms with E-state index < -0.39 is 10.8 Å². The highest BCUT2D eigenvalue weighted by molar-refractivity contribution is 6.00. The molecule has 0 bridgehead atoms. The van der Waals surface area contributed by atoms with E-state index in [0.29, 0.717) is 34.9 Å². The molecule has 0 fully saturated rings. The Morgan fingerprint density at radius 1 is 0.118 bits per heavy atom. The molecule has 6 nitrogen and oxygen atoms in total. The maximum absolute atomic E-state index is 5.10. The van der Waals surface area contributed by atoms with E-state index in [1.54, 1.807) is 0 Å². The van der Waals surface area contributed by atoms with Gasteiger partial charge in [0.25, 0.3) is 0 Å². The lowest BCUT2D eigenvalue weighted by atomic mass is 9.70. The molecule has 2 heterocycles. The van der Waals surface area contributed by atoms with Crippen molar-refractivity contribution in [1.82, 2.24) is 29.9 Å².